The van der Waals surface area contributed by atoms with E-state index >= 15 is 0 Å². The number of carbonyl (C=O) groups is 1. The van der Waals surface area contributed by atoms with Crippen molar-refractivity contribution in [3.05, 3.63) is 53.1 Å². The van der Waals surface area contributed by atoms with Gasteiger partial charge in [-0.15, -0.1) is 0 Å². The SMILES string of the molecule is CCN(CC)CCOc1ccc(NC(=O)c2ccc(N)cc2Cl)cc1. The second-order valence-corrected chi connectivity index (χ2v) is 6.00. The molecule has 2 rings (SSSR count). The quantitative estimate of drug-likeness (QED) is 0.700. The number of anilines is 2. The third kappa shape index (κ3) is 5.66. The van der Waals surface area contributed by atoms with Gasteiger partial charge in [0.15, 0.2) is 0 Å². The summed E-state index contributed by atoms with van der Waals surface area (Å²) in [5, 5.41) is 3.14. The average molecular weight is 362 g/mol. The van der Waals surface area contributed by atoms with E-state index in [1.165, 1.54) is 0 Å². The summed E-state index contributed by atoms with van der Waals surface area (Å²) in [6.45, 7) is 7.81. The minimum Gasteiger partial charge on any atom is -0.492 e. The van der Waals surface area contributed by atoms with Gasteiger partial charge in [-0.3, -0.25) is 4.79 Å². The fourth-order valence-corrected chi connectivity index (χ4v) is 2.66. The summed E-state index contributed by atoms with van der Waals surface area (Å²) in [4.78, 5) is 14.6. The molecule has 0 unspecified atom stereocenters. The third-order valence-corrected chi connectivity index (χ3v) is 4.23. The van der Waals surface area contributed by atoms with Gasteiger partial charge in [0.2, 0.25) is 0 Å². The minimum absolute atomic E-state index is 0.278. The fraction of sp³-hybridized carbons (Fsp3) is 0.316. The molecule has 134 valence electrons. The van der Waals surface area contributed by atoms with Crippen LogP contribution >= 0.6 is 11.6 Å². The first-order valence-corrected chi connectivity index (χ1v) is 8.72. The average Bonchev–Trinajstić information content (AvgIpc) is 2.60. The molecule has 0 spiro atoms. The maximum Gasteiger partial charge on any atom is 0.257 e. The van der Waals surface area contributed by atoms with Crippen LogP contribution in [0, 0.1) is 0 Å². The van der Waals surface area contributed by atoms with Gasteiger partial charge in [0.25, 0.3) is 5.91 Å². The summed E-state index contributed by atoms with van der Waals surface area (Å²) in [6, 6.07) is 12.1. The van der Waals surface area contributed by atoms with E-state index in [0.717, 1.165) is 25.4 Å². The fourth-order valence-electron chi connectivity index (χ4n) is 2.38. The molecule has 2 aromatic carbocycles. The van der Waals surface area contributed by atoms with Gasteiger partial charge in [0, 0.05) is 17.9 Å². The highest BCUT2D eigenvalue weighted by Crippen LogP contribution is 2.21. The van der Waals surface area contributed by atoms with E-state index in [9.17, 15) is 4.79 Å². The zero-order valence-corrected chi connectivity index (χ0v) is 15.3. The van der Waals surface area contributed by atoms with Crippen molar-refractivity contribution in [3.63, 3.8) is 0 Å². The second-order valence-electron chi connectivity index (χ2n) is 5.59. The van der Waals surface area contributed by atoms with E-state index in [-0.39, 0.29) is 5.91 Å². The molecule has 0 atom stereocenters. The van der Waals surface area contributed by atoms with Crippen LogP contribution in [0.3, 0.4) is 0 Å². The largest absolute Gasteiger partial charge is 0.492 e. The maximum absolute atomic E-state index is 12.3. The van der Waals surface area contributed by atoms with Crippen LogP contribution in [0.25, 0.3) is 0 Å². The van der Waals surface area contributed by atoms with Crippen molar-refractivity contribution in [1.82, 2.24) is 4.90 Å². The Kier molecular flexibility index (Phi) is 7.10. The lowest BCUT2D eigenvalue weighted by Gasteiger charge is -2.18. The predicted molar refractivity (Wildman–Crippen MR) is 104 cm³/mol. The van der Waals surface area contributed by atoms with Crippen LogP contribution in [-0.2, 0) is 0 Å². The van der Waals surface area contributed by atoms with Crippen LogP contribution in [0.2, 0.25) is 5.02 Å². The highest BCUT2D eigenvalue weighted by atomic mass is 35.5. The number of nitrogens with zero attached hydrogens (tertiary/aromatic N) is 1. The molecule has 0 fully saturated rings. The Morgan fingerprint density at radius 1 is 1.16 bits per heavy atom. The monoisotopic (exact) mass is 361 g/mol. The molecule has 0 aliphatic carbocycles. The number of halogens is 1. The number of carbonyl (C=O) groups excluding carboxylic acids is 1. The van der Waals surface area contributed by atoms with E-state index in [4.69, 9.17) is 22.1 Å². The van der Waals surface area contributed by atoms with Gasteiger partial charge in [0.1, 0.15) is 12.4 Å². The minimum atomic E-state index is -0.278. The van der Waals surface area contributed by atoms with Crippen LogP contribution < -0.4 is 15.8 Å². The van der Waals surface area contributed by atoms with E-state index < -0.39 is 0 Å². The first-order valence-electron chi connectivity index (χ1n) is 8.35. The van der Waals surface area contributed by atoms with Crippen molar-refractivity contribution in [2.24, 2.45) is 0 Å². The second kappa shape index (κ2) is 9.30. The Morgan fingerprint density at radius 2 is 1.84 bits per heavy atom. The highest BCUT2D eigenvalue weighted by Gasteiger charge is 2.11. The van der Waals surface area contributed by atoms with Gasteiger partial charge >= 0.3 is 0 Å². The normalized spacial score (nSPS) is 10.7. The van der Waals surface area contributed by atoms with E-state index in [0.29, 0.717) is 28.6 Å². The molecule has 6 heteroatoms. The Morgan fingerprint density at radius 3 is 2.44 bits per heavy atom. The molecular formula is C19H24ClN3O2. The molecule has 0 aliphatic rings. The Hall–Kier alpha value is -2.24. The molecule has 5 nitrogen and oxygen atoms in total. The smallest absolute Gasteiger partial charge is 0.257 e. The first kappa shape index (κ1) is 19.1. The lowest BCUT2D eigenvalue weighted by atomic mass is 10.2. The van der Waals surface area contributed by atoms with Gasteiger partial charge in [0.05, 0.1) is 10.6 Å². The van der Waals surface area contributed by atoms with Crippen molar-refractivity contribution < 1.29 is 9.53 Å². The number of rotatable bonds is 8. The van der Waals surface area contributed by atoms with Gasteiger partial charge in [-0.2, -0.15) is 0 Å². The molecule has 25 heavy (non-hydrogen) atoms. The summed E-state index contributed by atoms with van der Waals surface area (Å²) in [5.41, 5.74) is 7.22. The Labute approximate surface area is 153 Å². The van der Waals surface area contributed by atoms with Crippen molar-refractivity contribution in [3.8, 4) is 5.75 Å². The number of ether oxygens (including phenoxy) is 1. The number of benzene rings is 2. The summed E-state index contributed by atoms with van der Waals surface area (Å²) in [5.74, 6) is 0.496. The molecule has 0 aromatic heterocycles. The number of hydrogen-bond donors (Lipinski definition) is 2. The molecule has 0 heterocycles. The van der Waals surface area contributed by atoms with E-state index in [1.807, 2.05) is 12.1 Å². The summed E-state index contributed by atoms with van der Waals surface area (Å²) < 4.78 is 5.73. The Bertz CT molecular complexity index is 700. The van der Waals surface area contributed by atoms with E-state index in [1.54, 1.807) is 30.3 Å². The van der Waals surface area contributed by atoms with Crippen molar-refractivity contribution in [2.75, 3.05) is 37.3 Å². The number of nitrogen functional groups attached to an aromatic ring is 1. The standard InChI is InChI=1S/C19H24ClN3O2/c1-3-23(4-2)11-12-25-16-8-6-15(7-9-16)22-19(24)17-10-5-14(21)13-18(17)20/h5-10,13H,3-4,11-12,21H2,1-2H3,(H,22,24). The molecule has 0 radical (unpaired) electrons. The number of nitrogens with one attached hydrogen (secondary N) is 1. The summed E-state index contributed by atoms with van der Waals surface area (Å²) >= 11 is 6.06. The van der Waals surface area contributed by atoms with Crippen LogP contribution in [-0.4, -0.2) is 37.0 Å². The molecule has 0 bridgehead atoms. The predicted octanol–water partition coefficient (Wildman–Crippen LogP) is 3.90. The summed E-state index contributed by atoms with van der Waals surface area (Å²) in [7, 11) is 0. The first-order chi connectivity index (χ1) is 12.0. The highest BCUT2D eigenvalue weighted by molar-refractivity contribution is 6.34. The molecule has 0 aliphatic heterocycles. The molecule has 2 aromatic rings. The van der Waals surface area contributed by atoms with Crippen LogP contribution in [0.4, 0.5) is 11.4 Å². The molecule has 0 saturated carbocycles. The molecule has 1 amide bonds. The lowest BCUT2D eigenvalue weighted by Crippen LogP contribution is -2.27. The van der Waals surface area contributed by atoms with Crippen molar-refractivity contribution in [2.45, 2.75) is 13.8 Å². The van der Waals surface area contributed by atoms with Crippen LogP contribution in [0.5, 0.6) is 5.75 Å². The van der Waals surface area contributed by atoms with Crippen LogP contribution in [0.1, 0.15) is 24.2 Å². The third-order valence-electron chi connectivity index (χ3n) is 3.92. The maximum atomic E-state index is 12.3. The molecule has 3 N–H and O–H groups in total. The van der Waals surface area contributed by atoms with Gasteiger partial charge in [-0.25, -0.2) is 0 Å². The number of amides is 1. The number of nitrogens with two attached hydrogens (primary N) is 1. The van der Waals surface area contributed by atoms with Gasteiger partial charge < -0.3 is 20.7 Å². The number of hydrogen-bond acceptors (Lipinski definition) is 4. The van der Waals surface area contributed by atoms with Gasteiger partial charge in [-0.1, -0.05) is 25.4 Å². The Balaban J connectivity index is 1.90. The summed E-state index contributed by atoms with van der Waals surface area (Å²) in [6.07, 6.45) is 0. The van der Waals surface area contributed by atoms with Crippen molar-refractivity contribution >= 4 is 28.9 Å². The topological polar surface area (TPSA) is 67.6 Å². The zero-order chi connectivity index (χ0) is 18.2. The van der Waals surface area contributed by atoms with Gasteiger partial charge in [-0.05, 0) is 55.6 Å². The zero-order valence-electron chi connectivity index (χ0n) is 14.6. The number of likely N-dealkylation sites (N-methyl/N-ethyl adjacent to an activating group) is 1. The molecular weight excluding hydrogens is 338 g/mol. The van der Waals surface area contributed by atoms with Crippen LogP contribution in [0.15, 0.2) is 42.5 Å². The molecule has 0 saturated heterocycles. The van der Waals surface area contributed by atoms with Crippen molar-refractivity contribution in [1.29, 1.82) is 0 Å². The van der Waals surface area contributed by atoms with E-state index in [2.05, 4.69) is 24.1 Å². The lowest BCUT2D eigenvalue weighted by molar-refractivity contribution is 0.102.